The Hall–Kier alpha value is -1.85. The second-order valence-electron chi connectivity index (χ2n) is 8.52. The van der Waals surface area contributed by atoms with Gasteiger partial charge in [0.15, 0.2) is 0 Å². The summed E-state index contributed by atoms with van der Waals surface area (Å²) in [5.41, 5.74) is -0.137. The molecule has 2 N–H and O–H groups in total. The molecule has 0 saturated carbocycles. The third kappa shape index (κ3) is 3.58. The molecule has 0 spiro atoms. The average molecular weight is 350 g/mol. The van der Waals surface area contributed by atoms with E-state index in [1.165, 1.54) is 4.90 Å². The third-order valence-electron chi connectivity index (χ3n) is 5.55. The fourth-order valence-corrected chi connectivity index (χ4v) is 3.87. The van der Waals surface area contributed by atoms with Gasteiger partial charge in [-0.2, -0.15) is 0 Å². The molecule has 4 atom stereocenters. The maximum Gasteiger partial charge on any atom is 0.327 e. The summed E-state index contributed by atoms with van der Waals surface area (Å²) in [6, 6.07) is -1.57. The standard InChI is InChI=1S/C19H30N2O4/c1-10(2)14(20-16(22)11(3)4)17(23)21-9-13-12(15(21)18(24)25)7-8-19(13,5)6/h7-8,10-15H,9H2,1-6H3,(H,20,22)(H,24,25)/t12?,13-,14-,15-/m0/s1. The molecule has 1 unspecified atom stereocenters. The number of carboxylic acids is 1. The lowest BCUT2D eigenvalue weighted by molar-refractivity contribution is -0.150. The minimum Gasteiger partial charge on any atom is -0.480 e. The van der Waals surface area contributed by atoms with Crippen LogP contribution in [0.5, 0.6) is 0 Å². The molecule has 1 saturated heterocycles. The fourth-order valence-electron chi connectivity index (χ4n) is 3.87. The van der Waals surface area contributed by atoms with Crippen molar-refractivity contribution in [2.45, 2.75) is 53.6 Å². The predicted molar refractivity (Wildman–Crippen MR) is 94.6 cm³/mol. The van der Waals surface area contributed by atoms with E-state index in [1.54, 1.807) is 13.8 Å². The lowest BCUT2D eigenvalue weighted by Gasteiger charge is -2.31. The van der Waals surface area contributed by atoms with E-state index in [0.717, 1.165) is 0 Å². The molecule has 1 aliphatic carbocycles. The van der Waals surface area contributed by atoms with Gasteiger partial charge in [0, 0.05) is 18.4 Å². The minimum absolute atomic E-state index is 0.0890. The van der Waals surface area contributed by atoms with Crippen molar-refractivity contribution in [3.63, 3.8) is 0 Å². The smallest absolute Gasteiger partial charge is 0.327 e. The van der Waals surface area contributed by atoms with Gasteiger partial charge in [0.25, 0.3) is 0 Å². The quantitative estimate of drug-likeness (QED) is 0.742. The van der Waals surface area contributed by atoms with Gasteiger partial charge in [-0.1, -0.05) is 53.7 Å². The number of amides is 2. The molecule has 25 heavy (non-hydrogen) atoms. The van der Waals surface area contributed by atoms with Crippen LogP contribution in [0.25, 0.3) is 0 Å². The first kappa shape index (κ1) is 19.5. The Kier molecular flexibility index (Phi) is 5.30. The molecular weight excluding hydrogens is 320 g/mol. The molecular formula is C19H30N2O4. The lowest BCUT2D eigenvalue weighted by atomic mass is 9.78. The highest BCUT2D eigenvalue weighted by Gasteiger charge is 2.54. The summed E-state index contributed by atoms with van der Waals surface area (Å²) in [6.45, 7) is 11.8. The summed E-state index contributed by atoms with van der Waals surface area (Å²) >= 11 is 0. The normalized spacial score (nSPS) is 28.3. The number of carbonyl (C=O) groups is 3. The van der Waals surface area contributed by atoms with Crippen LogP contribution in [-0.2, 0) is 14.4 Å². The van der Waals surface area contributed by atoms with Gasteiger partial charge in [-0.05, 0) is 17.3 Å². The van der Waals surface area contributed by atoms with Crippen LogP contribution in [0, 0.1) is 29.1 Å². The Labute approximate surface area is 149 Å². The maximum absolute atomic E-state index is 13.1. The Morgan fingerprint density at radius 3 is 2.28 bits per heavy atom. The van der Waals surface area contributed by atoms with E-state index in [2.05, 4.69) is 25.2 Å². The van der Waals surface area contributed by atoms with Crippen LogP contribution in [0.4, 0.5) is 0 Å². The average Bonchev–Trinajstić information content (AvgIpc) is 3.01. The van der Waals surface area contributed by atoms with Gasteiger partial charge in [0.05, 0.1) is 0 Å². The van der Waals surface area contributed by atoms with E-state index in [0.29, 0.717) is 6.54 Å². The maximum atomic E-state index is 13.1. The number of carboxylic acid groups (broad SMARTS) is 1. The van der Waals surface area contributed by atoms with E-state index >= 15 is 0 Å². The Morgan fingerprint density at radius 2 is 1.80 bits per heavy atom. The zero-order valence-electron chi connectivity index (χ0n) is 15.9. The largest absolute Gasteiger partial charge is 0.480 e. The number of likely N-dealkylation sites (tertiary alicyclic amines) is 1. The van der Waals surface area contributed by atoms with Gasteiger partial charge in [0.2, 0.25) is 11.8 Å². The lowest BCUT2D eigenvalue weighted by Crippen LogP contribution is -2.55. The van der Waals surface area contributed by atoms with Crippen molar-refractivity contribution in [2.75, 3.05) is 6.54 Å². The van der Waals surface area contributed by atoms with Crippen LogP contribution >= 0.6 is 0 Å². The molecule has 0 radical (unpaired) electrons. The van der Waals surface area contributed by atoms with Crippen LogP contribution in [-0.4, -0.2) is 46.4 Å². The van der Waals surface area contributed by atoms with Crippen LogP contribution in [0.2, 0.25) is 0 Å². The molecule has 0 bridgehead atoms. The van der Waals surface area contributed by atoms with Crippen LogP contribution in [0.1, 0.15) is 41.5 Å². The Bertz CT molecular complexity index is 594. The third-order valence-corrected chi connectivity index (χ3v) is 5.55. The first-order valence-corrected chi connectivity index (χ1v) is 9.00. The summed E-state index contributed by atoms with van der Waals surface area (Å²) in [5.74, 6) is -1.91. The molecule has 0 aromatic rings. The van der Waals surface area contributed by atoms with E-state index < -0.39 is 18.1 Å². The van der Waals surface area contributed by atoms with Crippen LogP contribution in [0.15, 0.2) is 12.2 Å². The number of hydrogen-bond acceptors (Lipinski definition) is 3. The second kappa shape index (κ2) is 6.81. The molecule has 140 valence electrons. The van der Waals surface area contributed by atoms with Crippen molar-refractivity contribution in [2.24, 2.45) is 29.1 Å². The number of nitrogens with one attached hydrogen (secondary N) is 1. The van der Waals surface area contributed by atoms with E-state index in [4.69, 9.17) is 0 Å². The zero-order valence-corrected chi connectivity index (χ0v) is 15.9. The van der Waals surface area contributed by atoms with Crippen molar-refractivity contribution in [1.82, 2.24) is 10.2 Å². The monoisotopic (exact) mass is 350 g/mol. The molecule has 2 amide bonds. The van der Waals surface area contributed by atoms with Gasteiger partial charge in [0.1, 0.15) is 12.1 Å². The molecule has 2 rings (SSSR count). The molecule has 6 heteroatoms. The van der Waals surface area contributed by atoms with Crippen molar-refractivity contribution in [3.8, 4) is 0 Å². The van der Waals surface area contributed by atoms with Gasteiger partial charge in [-0.25, -0.2) is 4.79 Å². The van der Waals surface area contributed by atoms with E-state index in [-0.39, 0.29) is 40.9 Å². The summed E-state index contributed by atoms with van der Waals surface area (Å²) in [7, 11) is 0. The molecule has 1 fully saturated rings. The summed E-state index contributed by atoms with van der Waals surface area (Å²) in [4.78, 5) is 38.6. The first-order chi connectivity index (χ1) is 11.5. The number of hydrogen-bond donors (Lipinski definition) is 2. The summed E-state index contributed by atoms with van der Waals surface area (Å²) in [5, 5.41) is 12.5. The van der Waals surface area contributed by atoms with Crippen molar-refractivity contribution < 1.29 is 19.5 Å². The predicted octanol–water partition coefficient (Wildman–Crippen LogP) is 1.91. The molecule has 0 aromatic heterocycles. The molecule has 2 aliphatic rings. The SMILES string of the molecule is CC(C)C(=O)N[C@H](C(=O)N1C[C@H]2C(C=CC2(C)C)[C@H]1C(=O)O)C(C)C. The van der Waals surface area contributed by atoms with Crippen LogP contribution < -0.4 is 5.32 Å². The molecule has 1 heterocycles. The summed E-state index contributed by atoms with van der Waals surface area (Å²) < 4.78 is 0. The number of rotatable bonds is 5. The topological polar surface area (TPSA) is 86.7 Å². The van der Waals surface area contributed by atoms with Crippen molar-refractivity contribution in [3.05, 3.63) is 12.2 Å². The molecule has 1 aliphatic heterocycles. The number of carbonyl (C=O) groups excluding carboxylic acids is 2. The van der Waals surface area contributed by atoms with Crippen molar-refractivity contribution >= 4 is 17.8 Å². The minimum atomic E-state index is -0.985. The number of aliphatic carboxylic acids is 1. The number of nitrogens with zero attached hydrogens (tertiary/aromatic N) is 1. The van der Waals surface area contributed by atoms with E-state index in [9.17, 15) is 19.5 Å². The molecule has 6 nitrogen and oxygen atoms in total. The van der Waals surface area contributed by atoms with Crippen LogP contribution in [0.3, 0.4) is 0 Å². The Morgan fingerprint density at radius 1 is 1.20 bits per heavy atom. The highest BCUT2D eigenvalue weighted by atomic mass is 16.4. The molecule has 0 aromatic carbocycles. The number of allylic oxidation sites excluding steroid dienone is 1. The first-order valence-electron chi connectivity index (χ1n) is 9.00. The second-order valence-corrected chi connectivity index (χ2v) is 8.52. The van der Waals surface area contributed by atoms with E-state index in [1.807, 2.05) is 19.9 Å². The van der Waals surface area contributed by atoms with Gasteiger partial charge >= 0.3 is 5.97 Å². The van der Waals surface area contributed by atoms with Gasteiger partial charge < -0.3 is 15.3 Å². The summed E-state index contributed by atoms with van der Waals surface area (Å²) in [6.07, 6.45) is 3.99. The highest BCUT2D eigenvalue weighted by molar-refractivity contribution is 5.91. The van der Waals surface area contributed by atoms with Gasteiger partial charge in [-0.3, -0.25) is 9.59 Å². The zero-order chi connectivity index (χ0) is 19.1. The Balaban J connectivity index is 2.28. The fraction of sp³-hybridized carbons (Fsp3) is 0.737. The van der Waals surface area contributed by atoms with Gasteiger partial charge in [-0.15, -0.1) is 0 Å². The van der Waals surface area contributed by atoms with Crippen molar-refractivity contribution in [1.29, 1.82) is 0 Å². The number of fused-ring (bicyclic) bond motifs is 1. The highest BCUT2D eigenvalue weighted by Crippen LogP contribution is 2.48.